The molecule has 24 heavy (non-hydrogen) atoms. The molecule has 0 aromatic rings. The Morgan fingerprint density at radius 2 is 1.50 bits per heavy atom. The molecule has 0 bridgehead atoms. The molecule has 0 saturated carbocycles. The predicted octanol–water partition coefficient (Wildman–Crippen LogP) is 5.55. The van der Waals surface area contributed by atoms with Gasteiger partial charge in [0.15, 0.2) is 0 Å². The minimum Gasteiger partial charge on any atom is -0.376 e. The summed E-state index contributed by atoms with van der Waals surface area (Å²) < 4.78 is 0. The smallest absolute Gasteiger partial charge is 0.0177 e. The normalized spacial score (nSPS) is 22.8. The lowest BCUT2D eigenvalue weighted by Crippen LogP contribution is -2.51. The highest BCUT2D eigenvalue weighted by molar-refractivity contribution is 4.96. The molecule has 0 aliphatic carbocycles. The second-order valence-corrected chi connectivity index (χ2v) is 9.81. The van der Waals surface area contributed by atoms with Gasteiger partial charge in [0.2, 0.25) is 0 Å². The fraction of sp³-hybridized carbons (Fsp3) is 0.909. The van der Waals surface area contributed by atoms with Crippen LogP contribution in [-0.4, -0.2) is 41.5 Å². The second kappa shape index (κ2) is 7.81. The lowest BCUT2D eigenvalue weighted by atomic mass is 9.67. The molecular formula is C22H42N2. The van der Waals surface area contributed by atoms with E-state index in [0.717, 1.165) is 11.8 Å². The van der Waals surface area contributed by atoms with Gasteiger partial charge in [-0.05, 0) is 83.2 Å². The summed E-state index contributed by atoms with van der Waals surface area (Å²) >= 11 is 0. The van der Waals surface area contributed by atoms with Gasteiger partial charge >= 0.3 is 0 Å². The molecule has 2 saturated heterocycles. The number of hydrogen-bond acceptors (Lipinski definition) is 2. The second-order valence-electron chi connectivity index (χ2n) is 9.81. The number of rotatable bonds is 6. The van der Waals surface area contributed by atoms with Gasteiger partial charge in [-0.25, -0.2) is 0 Å². The average Bonchev–Trinajstić information content (AvgIpc) is 2.54. The minimum atomic E-state index is 0.327. The van der Waals surface area contributed by atoms with Crippen LogP contribution in [0.4, 0.5) is 0 Å². The van der Waals surface area contributed by atoms with Crippen LogP contribution in [0.1, 0.15) is 80.1 Å². The Bertz CT molecular complexity index is 408. The zero-order valence-electron chi connectivity index (χ0n) is 17.3. The molecule has 0 N–H and O–H groups in total. The quantitative estimate of drug-likeness (QED) is 0.628. The molecule has 2 heterocycles. The first-order valence-corrected chi connectivity index (χ1v) is 10.3. The van der Waals surface area contributed by atoms with Crippen LogP contribution >= 0.6 is 0 Å². The largest absolute Gasteiger partial charge is 0.376 e. The molecule has 0 unspecified atom stereocenters. The van der Waals surface area contributed by atoms with Crippen LogP contribution in [0.25, 0.3) is 0 Å². The fourth-order valence-electron chi connectivity index (χ4n) is 5.36. The zero-order chi connectivity index (χ0) is 18.0. The third-order valence-corrected chi connectivity index (χ3v) is 7.08. The highest BCUT2D eigenvalue weighted by Crippen LogP contribution is 2.43. The van der Waals surface area contributed by atoms with Crippen molar-refractivity contribution < 1.29 is 0 Å². The number of hydrogen-bond donors (Lipinski definition) is 0. The number of piperidine rings is 2. The van der Waals surface area contributed by atoms with E-state index in [-0.39, 0.29) is 0 Å². The topological polar surface area (TPSA) is 6.48 Å². The van der Waals surface area contributed by atoms with Crippen LogP contribution in [0.5, 0.6) is 0 Å². The van der Waals surface area contributed by atoms with Gasteiger partial charge in [-0.3, -0.25) is 4.90 Å². The molecule has 2 fully saturated rings. The molecule has 0 atom stereocenters. The van der Waals surface area contributed by atoms with Crippen LogP contribution < -0.4 is 0 Å². The summed E-state index contributed by atoms with van der Waals surface area (Å²) in [5, 5.41) is 0. The van der Waals surface area contributed by atoms with Crippen LogP contribution in [0, 0.1) is 17.3 Å². The first-order valence-electron chi connectivity index (χ1n) is 10.3. The molecule has 0 aromatic heterocycles. The van der Waals surface area contributed by atoms with Crippen molar-refractivity contribution in [3.8, 4) is 0 Å². The van der Waals surface area contributed by atoms with E-state index < -0.39 is 0 Å². The summed E-state index contributed by atoms with van der Waals surface area (Å²) in [4.78, 5) is 5.25. The van der Waals surface area contributed by atoms with E-state index in [0.29, 0.717) is 11.0 Å². The van der Waals surface area contributed by atoms with Crippen molar-refractivity contribution in [1.29, 1.82) is 0 Å². The standard InChI is InChI=1S/C22H42N2/c1-8-19-9-15-24(16-10-19)22(6,7)17-21(4,5)20-11-13-23(14-12-20)18(2)3/h19-20H,2,8-17H2,1,3-7H3. The van der Waals surface area contributed by atoms with Crippen LogP contribution in [0.2, 0.25) is 0 Å². The molecule has 2 aliphatic heterocycles. The van der Waals surface area contributed by atoms with Gasteiger partial charge in [-0.2, -0.15) is 0 Å². The lowest BCUT2D eigenvalue weighted by molar-refractivity contribution is 0.0108. The number of nitrogens with zero attached hydrogens (tertiary/aromatic N) is 2. The van der Waals surface area contributed by atoms with Gasteiger partial charge in [-0.15, -0.1) is 0 Å². The Morgan fingerprint density at radius 1 is 0.958 bits per heavy atom. The summed E-state index contributed by atoms with van der Waals surface area (Å²) in [6.07, 6.45) is 8.13. The minimum absolute atomic E-state index is 0.327. The lowest BCUT2D eigenvalue weighted by Gasteiger charge is -2.49. The maximum absolute atomic E-state index is 4.12. The monoisotopic (exact) mass is 334 g/mol. The molecule has 0 radical (unpaired) electrons. The van der Waals surface area contributed by atoms with Crippen molar-refractivity contribution in [2.45, 2.75) is 85.6 Å². The van der Waals surface area contributed by atoms with Gasteiger partial charge < -0.3 is 4.90 Å². The van der Waals surface area contributed by atoms with E-state index >= 15 is 0 Å². The molecule has 140 valence electrons. The Labute approximate surface area is 151 Å². The Balaban J connectivity index is 1.91. The van der Waals surface area contributed by atoms with Crippen LogP contribution in [0.15, 0.2) is 12.3 Å². The van der Waals surface area contributed by atoms with E-state index in [1.54, 1.807) is 0 Å². The van der Waals surface area contributed by atoms with E-state index in [9.17, 15) is 0 Å². The van der Waals surface area contributed by atoms with Gasteiger partial charge in [0.25, 0.3) is 0 Å². The van der Waals surface area contributed by atoms with Crippen molar-refractivity contribution in [2.24, 2.45) is 17.3 Å². The fourth-order valence-corrected chi connectivity index (χ4v) is 5.36. The molecule has 2 rings (SSSR count). The van der Waals surface area contributed by atoms with Crippen molar-refractivity contribution in [1.82, 2.24) is 9.80 Å². The maximum Gasteiger partial charge on any atom is 0.0177 e. The first kappa shape index (κ1) is 19.8. The number of allylic oxidation sites excluding steroid dienone is 1. The molecule has 0 amide bonds. The Hall–Kier alpha value is -0.500. The van der Waals surface area contributed by atoms with Gasteiger partial charge in [0.05, 0.1) is 0 Å². The van der Waals surface area contributed by atoms with Crippen LogP contribution in [-0.2, 0) is 0 Å². The van der Waals surface area contributed by atoms with E-state index in [1.165, 1.54) is 70.4 Å². The summed E-state index contributed by atoms with van der Waals surface area (Å²) in [5.41, 5.74) is 1.99. The third kappa shape index (κ3) is 4.77. The van der Waals surface area contributed by atoms with Crippen molar-refractivity contribution in [3.05, 3.63) is 12.3 Å². The van der Waals surface area contributed by atoms with Gasteiger partial charge in [0, 0.05) is 24.3 Å². The highest BCUT2D eigenvalue weighted by atomic mass is 15.2. The molecule has 0 aromatic carbocycles. The van der Waals surface area contributed by atoms with Crippen molar-refractivity contribution in [2.75, 3.05) is 26.2 Å². The zero-order valence-corrected chi connectivity index (χ0v) is 17.3. The Kier molecular flexibility index (Phi) is 6.45. The number of likely N-dealkylation sites (tertiary alicyclic amines) is 2. The summed E-state index contributed by atoms with van der Waals surface area (Å²) in [7, 11) is 0. The van der Waals surface area contributed by atoms with E-state index in [2.05, 4.69) is 57.9 Å². The molecule has 2 nitrogen and oxygen atoms in total. The van der Waals surface area contributed by atoms with Crippen molar-refractivity contribution in [3.63, 3.8) is 0 Å². The average molecular weight is 335 g/mol. The molecular weight excluding hydrogens is 292 g/mol. The summed E-state index contributed by atoms with van der Waals surface area (Å²) in [6, 6.07) is 0. The predicted molar refractivity (Wildman–Crippen MR) is 106 cm³/mol. The Morgan fingerprint density at radius 3 is 1.96 bits per heavy atom. The first-order chi connectivity index (χ1) is 11.2. The highest BCUT2D eigenvalue weighted by Gasteiger charge is 2.40. The molecule has 2 aliphatic rings. The third-order valence-electron chi connectivity index (χ3n) is 7.08. The molecule has 0 spiro atoms. The van der Waals surface area contributed by atoms with E-state index in [1.807, 2.05) is 0 Å². The summed E-state index contributed by atoms with van der Waals surface area (Å²) in [6.45, 7) is 23.6. The summed E-state index contributed by atoms with van der Waals surface area (Å²) in [5.74, 6) is 1.82. The SMILES string of the molecule is C=C(C)N1CCC(C(C)(C)CC(C)(C)N2CCC(CC)CC2)CC1. The van der Waals surface area contributed by atoms with E-state index in [4.69, 9.17) is 0 Å². The maximum atomic E-state index is 4.12. The van der Waals surface area contributed by atoms with Crippen LogP contribution in [0.3, 0.4) is 0 Å². The van der Waals surface area contributed by atoms with Crippen molar-refractivity contribution >= 4 is 0 Å². The molecule has 2 heteroatoms. The van der Waals surface area contributed by atoms with Gasteiger partial charge in [0.1, 0.15) is 0 Å². The van der Waals surface area contributed by atoms with Gasteiger partial charge in [-0.1, -0.05) is 33.8 Å².